The highest BCUT2D eigenvalue weighted by molar-refractivity contribution is 5.79. The van der Waals surface area contributed by atoms with E-state index in [1.165, 1.54) is 0 Å². The summed E-state index contributed by atoms with van der Waals surface area (Å²) in [5.74, 6) is -0.238. The van der Waals surface area contributed by atoms with E-state index in [2.05, 4.69) is 0 Å². The summed E-state index contributed by atoms with van der Waals surface area (Å²) in [5.41, 5.74) is 0. The van der Waals surface area contributed by atoms with Crippen LogP contribution in [-0.2, 0) is 9.59 Å². The Morgan fingerprint density at radius 2 is 1.93 bits per heavy atom. The number of rotatable bonds is 6. The molecule has 0 rings (SSSR count). The molecule has 0 fully saturated rings. The van der Waals surface area contributed by atoms with Crippen molar-refractivity contribution in [2.45, 2.75) is 33.6 Å². The summed E-state index contributed by atoms with van der Waals surface area (Å²) in [6.45, 7) is 5.60. The maximum atomic E-state index is 10.8. The Hall–Kier alpha value is -1.12. The number of ketones is 1. The molecule has 80 valence electrons. The molecule has 0 spiro atoms. The quantitative estimate of drug-likeness (QED) is 0.666. The lowest BCUT2D eigenvalue weighted by molar-refractivity contribution is -0.131. The molecule has 0 aliphatic heterocycles. The minimum atomic E-state index is -0.932. The normalized spacial score (nSPS) is 13.4. The average Bonchev–Trinajstić information content (AvgIpc) is 2.02. The minimum absolute atomic E-state index is 0.152. The van der Waals surface area contributed by atoms with Gasteiger partial charge < -0.3 is 9.90 Å². The summed E-state index contributed by atoms with van der Waals surface area (Å²) in [6, 6.07) is 0. The largest absolute Gasteiger partial charge is 0.478 e. The van der Waals surface area contributed by atoms with Gasteiger partial charge in [0.15, 0.2) is 0 Å². The molecular formula is C11H18O3. The molecule has 0 amide bonds. The molecular weight excluding hydrogens is 180 g/mol. The van der Waals surface area contributed by atoms with Gasteiger partial charge in [-0.25, -0.2) is 4.79 Å². The van der Waals surface area contributed by atoms with Gasteiger partial charge in [-0.2, -0.15) is 0 Å². The highest BCUT2D eigenvalue weighted by atomic mass is 16.4. The van der Waals surface area contributed by atoms with Gasteiger partial charge in [-0.05, 0) is 25.2 Å². The van der Waals surface area contributed by atoms with E-state index < -0.39 is 5.97 Å². The van der Waals surface area contributed by atoms with E-state index >= 15 is 0 Å². The van der Waals surface area contributed by atoms with Gasteiger partial charge in [0.1, 0.15) is 5.78 Å². The van der Waals surface area contributed by atoms with Crippen LogP contribution in [0.5, 0.6) is 0 Å². The number of hydrogen-bond acceptors (Lipinski definition) is 2. The molecule has 0 aromatic rings. The Kier molecular flexibility index (Phi) is 5.84. The van der Waals surface area contributed by atoms with E-state index in [1.54, 1.807) is 13.0 Å². The van der Waals surface area contributed by atoms with Crippen molar-refractivity contribution in [1.29, 1.82) is 0 Å². The molecule has 0 aromatic heterocycles. The molecule has 0 bridgehead atoms. The van der Waals surface area contributed by atoms with Crippen molar-refractivity contribution < 1.29 is 14.7 Å². The van der Waals surface area contributed by atoms with Crippen molar-refractivity contribution in [2.24, 2.45) is 11.8 Å². The van der Waals surface area contributed by atoms with Crippen LogP contribution in [0.25, 0.3) is 0 Å². The zero-order valence-corrected chi connectivity index (χ0v) is 8.99. The molecule has 1 atom stereocenters. The predicted molar refractivity (Wildman–Crippen MR) is 55.0 cm³/mol. The molecule has 0 aromatic carbocycles. The third-order valence-corrected chi connectivity index (χ3v) is 2.17. The molecule has 0 aliphatic rings. The average molecular weight is 198 g/mol. The lowest BCUT2D eigenvalue weighted by Gasteiger charge is -2.15. The first kappa shape index (κ1) is 12.9. The maximum absolute atomic E-state index is 10.8. The van der Waals surface area contributed by atoms with Crippen molar-refractivity contribution >= 4 is 11.8 Å². The smallest absolute Gasteiger partial charge is 0.327 e. The van der Waals surface area contributed by atoms with Crippen LogP contribution in [0.15, 0.2) is 12.2 Å². The lowest BCUT2D eigenvalue weighted by Crippen LogP contribution is -2.08. The van der Waals surface area contributed by atoms with E-state index in [0.717, 1.165) is 12.5 Å². The van der Waals surface area contributed by atoms with Gasteiger partial charge in [-0.3, -0.25) is 0 Å². The van der Waals surface area contributed by atoms with Gasteiger partial charge in [-0.1, -0.05) is 19.9 Å². The van der Waals surface area contributed by atoms with Crippen molar-refractivity contribution in [2.75, 3.05) is 0 Å². The van der Waals surface area contributed by atoms with Crippen molar-refractivity contribution in [1.82, 2.24) is 0 Å². The molecule has 0 heterocycles. The zero-order chi connectivity index (χ0) is 11.1. The molecule has 1 N–H and O–H groups in total. The van der Waals surface area contributed by atoms with Crippen LogP contribution in [0.4, 0.5) is 0 Å². The second kappa shape index (κ2) is 6.35. The van der Waals surface area contributed by atoms with Crippen LogP contribution in [0.2, 0.25) is 0 Å². The second-order valence-electron chi connectivity index (χ2n) is 3.85. The Labute approximate surface area is 84.8 Å². The van der Waals surface area contributed by atoms with Gasteiger partial charge in [0.2, 0.25) is 0 Å². The van der Waals surface area contributed by atoms with E-state index in [9.17, 15) is 9.59 Å². The van der Waals surface area contributed by atoms with Gasteiger partial charge in [0, 0.05) is 12.5 Å². The summed E-state index contributed by atoms with van der Waals surface area (Å²) in [7, 11) is 0. The van der Waals surface area contributed by atoms with Crippen LogP contribution in [-0.4, -0.2) is 16.9 Å². The third kappa shape index (κ3) is 6.40. The number of hydrogen-bond donors (Lipinski definition) is 1. The monoisotopic (exact) mass is 198 g/mol. The number of carbonyl (C=O) groups excluding carboxylic acids is 1. The molecule has 0 radical (unpaired) electrons. The number of carboxylic acids is 1. The fourth-order valence-electron chi connectivity index (χ4n) is 1.23. The molecule has 1 unspecified atom stereocenters. The van der Waals surface area contributed by atoms with Crippen LogP contribution in [0, 0.1) is 11.8 Å². The molecule has 0 saturated heterocycles. The van der Waals surface area contributed by atoms with E-state index in [-0.39, 0.29) is 11.7 Å². The first-order valence-corrected chi connectivity index (χ1v) is 4.84. The Morgan fingerprint density at radius 1 is 1.36 bits per heavy atom. The molecule has 3 nitrogen and oxygen atoms in total. The number of aliphatic carboxylic acids is 1. The van der Waals surface area contributed by atoms with Crippen LogP contribution in [0.3, 0.4) is 0 Å². The highest BCUT2D eigenvalue weighted by Crippen LogP contribution is 2.18. The summed E-state index contributed by atoms with van der Waals surface area (Å²) in [5, 5.41) is 8.47. The van der Waals surface area contributed by atoms with Gasteiger partial charge in [-0.15, -0.1) is 0 Å². The van der Waals surface area contributed by atoms with Crippen molar-refractivity contribution in [3.8, 4) is 0 Å². The Balaban J connectivity index is 4.16. The lowest BCUT2D eigenvalue weighted by atomic mass is 9.90. The minimum Gasteiger partial charge on any atom is -0.478 e. The first-order valence-electron chi connectivity index (χ1n) is 4.84. The maximum Gasteiger partial charge on any atom is 0.327 e. The molecule has 0 aliphatic carbocycles. The highest BCUT2D eigenvalue weighted by Gasteiger charge is 2.10. The number of carbonyl (C=O) groups is 2. The topological polar surface area (TPSA) is 54.4 Å². The van der Waals surface area contributed by atoms with E-state index in [4.69, 9.17) is 5.11 Å². The van der Waals surface area contributed by atoms with E-state index in [1.807, 2.05) is 13.8 Å². The first-order chi connectivity index (χ1) is 6.43. The van der Waals surface area contributed by atoms with Crippen molar-refractivity contribution in [3.63, 3.8) is 0 Å². The van der Waals surface area contributed by atoms with Crippen LogP contribution < -0.4 is 0 Å². The standard InChI is InChI=1S/C11H18O3/c1-8(2)10(5-4-9(3)12)6-7-11(13)14/h6-8,10H,4-5H2,1-3H3,(H,13,14). The molecule has 3 heteroatoms. The Bertz CT molecular complexity index is 229. The van der Waals surface area contributed by atoms with Gasteiger partial charge >= 0.3 is 5.97 Å². The number of carboxylic acid groups (broad SMARTS) is 1. The summed E-state index contributed by atoms with van der Waals surface area (Å²) in [4.78, 5) is 21.1. The number of allylic oxidation sites excluding steroid dienone is 1. The van der Waals surface area contributed by atoms with Gasteiger partial charge in [0.25, 0.3) is 0 Å². The number of Topliss-reactive ketones (excluding diaryl/α,β-unsaturated/α-hetero) is 1. The van der Waals surface area contributed by atoms with Crippen molar-refractivity contribution in [3.05, 3.63) is 12.2 Å². The van der Waals surface area contributed by atoms with Crippen LogP contribution >= 0.6 is 0 Å². The SMILES string of the molecule is CC(=O)CCC(C=CC(=O)O)C(C)C. The van der Waals surface area contributed by atoms with Crippen LogP contribution in [0.1, 0.15) is 33.6 Å². The predicted octanol–water partition coefficient (Wildman–Crippen LogP) is 2.27. The second-order valence-corrected chi connectivity index (χ2v) is 3.85. The third-order valence-electron chi connectivity index (χ3n) is 2.17. The zero-order valence-electron chi connectivity index (χ0n) is 8.99. The summed E-state index contributed by atoms with van der Waals surface area (Å²) >= 11 is 0. The Morgan fingerprint density at radius 3 is 2.29 bits per heavy atom. The molecule has 0 saturated carbocycles. The fourth-order valence-corrected chi connectivity index (χ4v) is 1.23. The fraction of sp³-hybridized carbons (Fsp3) is 0.636. The van der Waals surface area contributed by atoms with E-state index in [0.29, 0.717) is 12.3 Å². The summed E-state index contributed by atoms with van der Waals surface area (Å²) in [6.07, 6.45) is 4.09. The summed E-state index contributed by atoms with van der Waals surface area (Å²) < 4.78 is 0. The van der Waals surface area contributed by atoms with Gasteiger partial charge in [0.05, 0.1) is 0 Å². The molecule has 14 heavy (non-hydrogen) atoms.